The van der Waals surface area contributed by atoms with Crippen molar-refractivity contribution in [3.8, 4) is 0 Å². The maximum absolute atomic E-state index is 14.0. The highest BCUT2D eigenvalue weighted by molar-refractivity contribution is 5.79. The number of carbonyl (C=O) groups excluding carboxylic acids is 1. The summed E-state index contributed by atoms with van der Waals surface area (Å²) in [6.45, 7) is 10.7. The third kappa shape index (κ3) is 6.59. The van der Waals surface area contributed by atoms with E-state index in [1.807, 2.05) is 0 Å². The van der Waals surface area contributed by atoms with Crippen LogP contribution in [0.1, 0.15) is 90.4 Å². The molecule has 12 heteroatoms. The van der Waals surface area contributed by atoms with Gasteiger partial charge >= 0.3 is 0 Å². The first-order valence-electron chi connectivity index (χ1n) is 20.1. The van der Waals surface area contributed by atoms with Crippen LogP contribution in [-0.2, 0) is 47.4 Å². The van der Waals surface area contributed by atoms with Gasteiger partial charge in [-0.05, 0) is 62.0 Å². The van der Waals surface area contributed by atoms with Gasteiger partial charge in [-0.2, -0.15) is 0 Å². The van der Waals surface area contributed by atoms with Crippen LogP contribution >= 0.6 is 0 Å². The van der Waals surface area contributed by atoms with Crippen molar-refractivity contribution in [1.82, 2.24) is 0 Å². The van der Waals surface area contributed by atoms with Gasteiger partial charge in [0.05, 0.1) is 73.8 Å². The van der Waals surface area contributed by atoms with E-state index < -0.39 is 24.1 Å². The average Bonchev–Trinajstić information content (AvgIpc) is 3.79. The topological polar surface area (TPSA) is 141 Å². The molecular weight excluding hydrogens is 672 g/mol. The largest absolute Gasteiger partial charge is 0.394 e. The first-order chi connectivity index (χ1) is 25.1. The number of Topliss-reactive ketones (excluding diaryl/α,β-unsaturated/α-hetero) is 1. The molecule has 0 aromatic heterocycles. The van der Waals surface area contributed by atoms with Gasteiger partial charge in [0.15, 0.2) is 5.79 Å². The molecule has 10 saturated heterocycles. The van der Waals surface area contributed by atoms with Crippen LogP contribution in [0.4, 0.5) is 0 Å². The van der Waals surface area contributed by atoms with Crippen molar-refractivity contribution >= 4 is 5.78 Å². The van der Waals surface area contributed by atoms with Gasteiger partial charge in [0, 0.05) is 51.6 Å². The second-order valence-corrected chi connectivity index (χ2v) is 17.4. The molecule has 10 fully saturated rings. The van der Waals surface area contributed by atoms with Crippen molar-refractivity contribution in [2.45, 2.75) is 194 Å². The third-order valence-electron chi connectivity index (χ3n) is 13.9. The Morgan fingerprint density at radius 1 is 0.788 bits per heavy atom. The van der Waals surface area contributed by atoms with Crippen molar-refractivity contribution in [2.75, 3.05) is 13.7 Å². The van der Waals surface area contributed by atoms with Crippen LogP contribution < -0.4 is 0 Å². The summed E-state index contributed by atoms with van der Waals surface area (Å²) in [4.78, 5) is 14.0. The predicted molar refractivity (Wildman–Crippen MR) is 184 cm³/mol. The Labute approximate surface area is 306 Å². The van der Waals surface area contributed by atoms with Crippen LogP contribution in [-0.4, -0.2) is 133 Å². The van der Waals surface area contributed by atoms with E-state index in [9.17, 15) is 15.0 Å². The maximum Gasteiger partial charge on any atom is 0.172 e. The minimum atomic E-state index is -0.951. The van der Waals surface area contributed by atoms with Gasteiger partial charge in [0.1, 0.15) is 36.3 Å². The van der Waals surface area contributed by atoms with Gasteiger partial charge in [-0.25, -0.2) is 0 Å². The predicted octanol–water partition coefficient (Wildman–Crippen LogP) is 3.47. The standard InChI is InChI=1S/C40H58O12/c1-19-11-24-5-7-28-20(2)12-26(45-28)9-10-40-17-33-36(51-40)37-38(50-33)39(52-40)35-29(49-37)8-6-25(47-35)13-22(42)14-27-31(16-30(46-24)21(19)3)48-32(34(27)44-4)15-23(43)18-41/h19,23-39,41,43H,2-3,5-18H2,1,4H3/t19-,23+,24+,25-,26+,27+,28+,29+,30-,31?,32-,33-,34-,35+,36+,37+,38-,39+,40+/m1/s1. The summed E-state index contributed by atoms with van der Waals surface area (Å²) in [6, 6.07) is 0. The molecule has 52 heavy (non-hydrogen) atoms. The molecule has 0 aromatic rings. The Hall–Kier alpha value is -1.29. The minimum absolute atomic E-state index is 0.0260. The minimum Gasteiger partial charge on any atom is -0.394 e. The number of hydrogen-bond donors (Lipinski definition) is 2. The quantitative estimate of drug-likeness (QED) is 0.410. The maximum atomic E-state index is 14.0. The fraction of sp³-hybridized carbons (Fsp3) is 0.875. The summed E-state index contributed by atoms with van der Waals surface area (Å²) < 4.78 is 59.8. The van der Waals surface area contributed by atoms with Crippen molar-refractivity contribution in [3.63, 3.8) is 0 Å². The lowest BCUT2D eigenvalue weighted by atomic mass is 9.81. The summed E-state index contributed by atoms with van der Waals surface area (Å²) in [5, 5.41) is 20.1. The first-order valence-corrected chi connectivity index (χ1v) is 20.1. The summed E-state index contributed by atoms with van der Waals surface area (Å²) in [5.74, 6) is -0.709. The molecule has 10 heterocycles. The van der Waals surface area contributed by atoms with Crippen molar-refractivity contribution < 1.29 is 57.6 Å². The Kier molecular flexibility index (Phi) is 10.0. The van der Waals surface area contributed by atoms with Crippen LogP contribution in [0.25, 0.3) is 0 Å². The molecule has 10 aliphatic rings. The van der Waals surface area contributed by atoms with Crippen LogP contribution in [0.2, 0.25) is 0 Å². The van der Waals surface area contributed by atoms with Gasteiger partial charge in [0.2, 0.25) is 0 Å². The van der Waals surface area contributed by atoms with E-state index in [0.717, 1.165) is 49.7 Å². The zero-order valence-corrected chi connectivity index (χ0v) is 30.7. The van der Waals surface area contributed by atoms with Crippen molar-refractivity contribution in [2.24, 2.45) is 11.8 Å². The van der Waals surface area contributed by atoms with E-state index in [1.54, 1.807) is 7.11 Å². The summed E-state index contributed by atoms with van der Waals surface area (Å²) in [6.07, 6.45) is 4.01. The van der Waals surface area contributed by atoms with E-state index in [0.29, 0.717) is 25.7 Å². The number of rotatable bonds is 4. The summed E-state index contributed by atoms with van der Waals surface area (Å²) in [7, 11) is 1.63. The molecule has 10 aliphatic heterocycles. The molecular formula is C40H58O12. The molecule has 1 unspecified atom stereocenters. The number of fused-ring (bicyclic) bond motifs is 6. The van der Waals surface area contributed by atoms with Gasteiger partial charge in [-0.1, -0.05) is 20.1 Å². The summed E-state index contributed by atoms with van der Waals surface area (Å²) in [5.41, 5.74) is 2.17. The van der Waals surface area contributed by atoms with Crippen LogP contribution in [0.5, 0.6) is 0 Å². The smallest absolute Gasteiger partial charge is 0.172 e. The van der Waals surface area contributed by atoms with Crippen molar-refractivity contribution in [3.05, 3.63) is 24.3 Å². The van der Waals surface area contributed by atoms with Crippen molar-refractivity contribution in [1.29, 1.82) is 0 Å². The van der Waals surface area contributed by atoms with Gasteiger partial charge in [-0.3, -0.25) is 4.79 Å². The molecule has 1 spiro atoms. The molecule has 2 N–H and O–H groups in total. The highest BCUT2D eigenvalue weighted by Crippen LogP contribution is 2.54. The second kappa shape index (κ2) is 14.3. The molecule has 12 nitrogen and oxygen atoms in total. The Morgan fingerprint density at radius 2 is 1.54 bits per heavy atom. The molecule has 10 rings (SSSR count). The van der Waals surface area contributed by atoms with Crippen LogP contribution in [0.3, 0.4) is 0 Å². The van der Waals surface area contributed by atoms with E-state index in [4.69, 9.17) is 42.6 Å². The molecule has 0 aliphatic carbocycles. The lowest BCUT2D eigenvalue weighted by Gasteiger charge is -2.47. The SMILES string of the molecule is C=C1C[C@@H]2CC[C@@]34C[C@H]5O[C@H]6[C@@H](O3)[C@H]3O[C@H](CC[C@@H]3O[C@H]6[C@H]5O4)CC(=O)C[C@H]3C(C[C@H]4O[C@@H](CC[C@@H]1O2)C[C@@H](C)C4=C)O[C@H](C[C@H](O)CO)[C@@H]3OC. The highest BCUT2D eigenvalue weighted by atomic mass is 16.8. The fourth-order valence-electron chi connectivity index (χ4n) is 11.3. The molecule has 290 valence electrons. The number of carbonyl (C=O) groups is 1. The zero-order valence-electron chi connectivity index (χ0n) is 30.7. The normalized spacial score (nSPS) is 52.4. The van der Waals surface area contributed by atoms with E-state index in [-0.39, 0.29) is 123 Å². The molecule has 0 aromatic carbocycles. The van der Waals surface area contributed by atoms with Gasteiger partial charge in [-0.15, -0.1) is 0 Å². The fourth-order valence-corrected chi connectivity index (χ4v) is 11.3. The van der Waals surface area contributed by atoms with Gasteiger partial charge < -0.3 is 52.8 Å². The van der Waals surface area contributed by atoms with E-state index in [1.165, 1.54) is 0 Å². The Bertz CT molecular complexity index is 1370. The monoisotopic (exact) mass is 730 g/mol. The number of ether oxygens (including phenoxy) is 9. The number of methoxy groups -OCH3 is 1. The number of aliphatic hydroxyl groups is 2. The summed E-state index contributed by atoms with van der Waals surface area (Å²) >= 11 is 0. The first kappa shape index (κ1) is 36.4. The molecule has 12 bridgehead atoms. The molecule has 0 radical (unpaired) electrons. The van der Waals surface area contributed by atoms with E-state index in [2.05, 4.69) is 20.1 Å². The average molecular weight is 731 g/mol. The Morgan fingerprint density at radius 3 is 2.37 bits per heavy atom. The van der Waals surface area contributed by atoms with Crippen LogP contribution in [0, 0.1) is 11.8 Å². The number of hydrogen-bond acceptors (Lipinski definition) is 12. The second-order valence-electron chi connectivity index (χ2n) is 17.4. The zero-order chi connectivity index (χ0) is 35.9. The third-order valence-corrected chi connectivity index (χ3v) is 13.9. The molecule has 0 saturated carbocycles. The number of ketones is 1. The molecule has 19 atom stereocenters. The van der Waals surface area contributed by atoms with Gasteiger partial charge in [0.25, 0.3) is 0 Å². The highest BCUT2D eigenvalue weighted by Gasteiger charge is 2.68. The lowest BCUT2D eigenvalue weighted by Crippen LogP contribution is -2.61. The lowest BCUT2D eigenvalue weighted by molar-refractivity contribution is -0.292. The molecule has 0 amide bonds. The number of aliphatic hydroxyl groups excluding tert-OH is 2. The Balaban J connectivity index is 0.994. The van der Waals surface area contributed by atoms with E-state index >= 15 is 0 Å². The van der Waals surface area contributed by atoms with Crippen LogP contribution in [0.15, 0.2) is 24.3 Å².